The number of halogens is 1. The van der Waals surface area contributed by atoms with Gasteiger partial charge >= 0.3 is 0 Å². The molecule has 4 N–H and O–H groups in total. The lowest BCUT2D eigenvalue weighted by molar-refractivity contribution is 0.0844. The zero-order valence-corrected chi connectivity index (χ0v) is 12.8. The summed E-state index contributed by atoms with van der Waals surface area (Å²) in [6.45, 7) is 1.63. The fraction of sp³-hybridized carbons (Fsp3) is 0.250. The summed E-state index contributed by atoms with van der Waals surface area (Å²) in [4.78, 5) is 23.4. The maximum atomic E-state index is 12.9. The quantitative estimate of drug-likeness (QED) is 0.770. The highest BCUT2D eigenvalue weighted by atomic mass is 19.1. The topological polar surface area (TPSA) is 97.4 Å². The molecule has 6 nitrogen and oxygen atoms in total. The van der Waals surface area contributed by atoms with E-state index in [0.29, 0.717) is 5.56 Å². The largest absolute Gasteiger partial charge is 0.386 e. The van der Waals surface area contributed by atoms with E-state index >= 15 is 0 Å². The monoisotopic (exact) mass is 319 g/mol. The first-order valence-electron chi connectivity index (χ1n) is 7.00. The molecular formula is C16H18FN3O3. The minimum atomic E-state index is -0.990. The molecule has 122 valence electrons. The molecule has 2 aromatic rings. The van der Waals surface area contributed by atoms with Gasteiger partial charge < -0.3 is 20.7 Å². The van der Waals surface area contributed by atoms with Gasteiger partial charge in [0.2, 0.25) is 5.91 Å². The molecule has 1 aromatic carbocycles. The SMILES string of the molecule is CC(NC(=O)c1cc(C(N)=O)cn1C)C(O)c1ccc(F)cc1. The summed E-state index contributed by atoms with van der Waals surface area (Å²) in [6, 6.07) is 6.16. The van der Waals surface area contributed by atoms with Crippen molar-refractivity contribution in [1.82, 2.24) is 9.88 Å². The molecule has 0 aliphatic carbocycles. The van der Waals surface area contributed by atoms with Crippen molar-refractivity contribution in [3.63, 3.8) is 0 Å². The normalized spacial score (nSPS) is 13.4. The number of benzene rings is 1. The fourth-order valence-electron chi connectivity index (χ4n) is 2.23. The van der Waals surface area contributed by atoms with Crippen LogP contribution in [0.4, 0.5) is 4.39 Å². The standard InChI is InChI=1S/C16H18FN3O3/c1-9(14(21)10-3-5-12(17)6-4-10)19-16(23)13-7-11(15(18)22)8-20(13)2/h3-9,14,21H,1-2H3,(H2,18,22)(H,19,23). The highest BCUT2D eigenvalue weighted by molar-refractivity contribution is 5.98. The van der Waals surface area contributed by atoms with Crippen molar-refractivity contribution in [3.8, 4) is 0 Å². The van der Waals surface area contributed by atoms with Gasteiger partial charge in [-0.1, -0.05) is 12.1 Å². The number of hydrogen-bond acceptors (Lipinski definition) is 3. The first kappa shape index (κ1) is 16.7. The van der Waals surface area contributed by atoms with Gasteiger partial charge in [0, 0.05) is 13.2 Å². The van der Waals surface area contributed by atoms with Gasteiger partial charge in [-0.3, -0.25) is 9.59 Å². The van der Waals surface area contributed by atoms with Crippen molar-refractivity contribution in [2.45, 2.75) is 19.1 Å². The van der Waals surface area contributed by atoms with Crippen LogP contribution in [0.15, 0.2) is 36.5 Å². The van der Waals surface area contributed by atoms with E-state index in [2.05, 4.69) is 5.32 Å². The molecule has 2 rings (SSSR count). The zero-order valence-electron chi connectivity index (χ0n) is 12.8. The summed E-state index contributed by atoms with van der Waals surface area (Å²) >= 11 is 0. The van der Waals surface area contributed by atoms with Crippen LogP contribution in [0.2, 0.25) is 0 Å². The zero-order chi connectivity index (χ0) is 17.1. The lowest BCUT2D eigenvalue weighted by Gasteiger charge is -2.20. The Balaban J connectivity index is 2.10. The molecule has 0 fully saturated rings. The number of nitrogens with one attached hydrogen (secondary N) is 1. The van der Waals surface area contributed by atoms with Gasteiger partial charge in [-0.05, 0) is 30.7 Å². The molecule has 0 spiro atoms. The summed E-state index contributed by atoms with van der Waals surface area (Å²) in [5.74, 6) is -1.48. The van der Waals surface area contributed by atoms with E-state index < -0.39 is 29.8 Å². The summed E-state index contributed by atoms with van der Waals surface area (Å²) in [6.07, 6.45) is 0.466. The van der Waals surface area contributed by atoms with Gasteiger partial charge in [-0.25, -0.2) is 4.39 Å². The fourth-order valence-corrected chi connectivity index (χ4v) is 2.23. The minimum absolute atomic E-state index is 0.226. The maximum Gasteiger partial charge on any atom is 0.268 e. The number of carbonyl (C=O) groups is 2. The van der Waals surface area contributed by atoms with E-state index in [1.807, 2.05) is 0 Å². The van der Waals surface area contributed by atoms with E-state index in [4.69, 9.17) is 5.73 Å². The second kappa shape index (κ2) is 6.62. The van der Waals surface area contributed by atoms with Crippen LogP contribution in [0, 0.1) is 5.82 Å². The number of aliphatic hydroxyl groups is 1. The first-order chi connectivity index (χ1) is 10.8. The molecule has 0 saturated carbocycles. The molecule has 2 atom stereocenters. The smallest absolute Gasteiger partial charge is 0.268 e. The summed E-state index contributed by atoms with van der Waals surface area (Å²) in [5, 5.41) is 12.9. The summed E-state index contributed by atoms with van der Waals surface area (Å²) in [7, 11) is 1.61. The van der Waals surface area contributed by atoms with Crippen LogP contribution in [0.25, 0.3) is 0 Å². The minimum Gasteiger partial charge on any atom is -0.386 e. The van der Waals surface area contributed by atoms with Gasteiger partial charge in [0.25, 0.3) is 5.91 Å². The Morgan fingerprint density at radius 1 is 1.30 bits per heavy atom. The summed E-state index contributed by atoms with van der Waals surface area (Å²) in [5.41, 5.74) is 6.14. The van der Waals surface area contributed by atoms with Crippen molar-refractivity contribution in [2.24, 2.45) is 12.8 Å². The Morgan fingerprint density at radius 3 is 2.43 bits per heavy atom. The van der Waals surface area contributed by atoms with Crippen molar-refractivity contribution < 1.29 is 19.1 Å². The van der Waals surface area contributed by atoms with Gasteiger partial charge in [-0.2, -0.15) is 0 Å². The van der Waals surface area contributed by atoms with E-state index in [1.165, 1.54) is 41.1 Å². The van der Waals surface area contributed by atoms with Crippen LogP contribution in [0.3, 0.4) is 0 Å². The number of aliphatic hydroxyl groups excluding tert-OH is 1. The van der Waals surface area contributed by atoms with Crippen molar-refractivity contribution >= 4 is 11.8 Å². The number of nitrogens with zero attached hydrogens (tertiary/aromatic N) is 1. The molecular weight excluding hydrogens is 301 g/mol. The molecule has 2 unspecified atom stereocenters. The highest BCUT2D eigenvalue weighted by Gasteiger charge is 2.21. The van der Waals surface area contributed by atoms with Gasteiger partial charge in [0.05, 0.1) is 17.7 Å². The second-order valence-corrected chi connectivity index (χ2v) is 5.35. The van der Waals surface area contributed by atoms with Gasteiger partial charge in [0.15, 0.2) is 0 Å². The van der Waals surface area contributed by atoms with Crippen molar-refractivity contribution in [2.75, 3.05) is 0 Å². The maximum absolute atomic E-state index is 12.9. The van der Waals surface area contributed by atoms with E-state index in [1.54, 1.807) is 14.0 Å². The molecule has 0 bridgehead atoms. The number of carbonyl (C=O) groups excluding carboxylic acids is 2. The van der Waals surface area contributed by atoms with Crippen LogP contribution >= 0.6 is 0 Å². The number of rotatable bonds is 5. The lowest BCUT2D eigenvalue weighted by Crippen LogP contribution is -2.37. The average Bonchev–Trinajstić information content (AvgIpc) is 2.89. The Bertz CT molecular complexity index is 725. The first-order valence-corrected chi connectivity index (χ1v) is 7.00. The number of primary amides is 1. The number of aromatic nitrogens is 1. The molecule has 1 aromatic heterocycles. The van der Waals surface area contributed by atoms with Crippen LogP contribution in [-0.4, -0.2) is 27.5 Å². The number of nitrogens with two attached hydrogens (primary N) is 1. The molecule has 1 heterocycles. The van der Waals surface area contributed by atoms with Crippen molar-refractivity contribution in [3.05, 3.63) is 59.2 Å². The molecule has 2 amide bonds. The average molecular weight is 319 g/mol. The van der Waals surface area contributed by atoms with Gasteiger partial charge in [-0.15, -0.1) is 0 Å². The molecule has 0 aliphatic rings. The number of aryl methyl sites for hydroxylation is 1. The lowest BCUT2D eigenvalue weighted by atomic mass is 10.0. The molecule has 0 radical (unpaired) electrons. The number of hydrogen-bond donors (Lipinski definition) is 3. The third-order valence-corrected chi connectivity index (χ3v) is 3.57. The van der Waals surface area contributed by atoms with Crippen LogP contribution < -0.4 is 11.1 Å². The third kappa shape index (κ3) is 3.75. The Hall–Kier alpha value is -2.67. The predicted molar refractivity (Wildman–Crippen MR) is 82.2 cm³/mol. The number of amides is 2. The Morgan fingerprint density at radius 2 is 1.91 bits per heavy atom. The predicted octanol–water partition coefficient (Wildman–Crippen LogP) is 1.11. The van der Waals surface area contributed by atoms with Crippen LogP contribution in [0.5, 0.6) is 0 Å². The highest BCUT2D eigenvalue weighted by Crippen LogP contribution is 2.17. The Kier molecular flexibility index (Phi) is 4.80. The van der Waals surface area contributed by atoms with E-state index in [0.717, 1.165) is 0 Å². The van der Waals surface area contributed by atoms with E-state index in [-0.39, 0.29) is 11.3 Å². The van der Waals surface area contributed by atoms with E-state index in [9.17, 15) is 19.1 Å². The second-order valence-electron chi connectivity index (χ2n) is 5.35. The summed E-state index contributed by atoms with van der Waals surface area (Å²) < 4.78 is 14.4. The van der Waals surface area contributed by atoms with Gasteiger partial charge in [0.1, 0.15) is 11.5 Å². The molecule has 0 saturated heterocycles. The molecule has 7 heteroatoms. The van der Waals surface area contributed by atoms with Crippen LogP contribution in [0.1, 0.15) is 39.4 Å². The Labute approximate surface area is 132 Å². The van der Waals surface area contributed by atoms with Crippen molar-refractivity contribution in [1.29, 1.82) is 0 Å². The third-order valence-electron chi connectivity index (χ3n) is 3.57. The molecule has 23 heavy (non-hydrogen) atoms. The van der Waals surface area contributed by atoms with Crippen LogP contribution in [-0.2, 0) is 7.05 Å². The molecule has 0 aliphatic heterocycles.